The Morgan fingerprint density at radius 3 is 2.61 bits per heavy atom. The number of carbonyl (C=O) groups excluding carboxylic acids is 1. The Hall–Kier alpha value is -1.71. The predicted octanol–water partition coefficient (Wildman–Crippen LogP) is 1.84. The minimum atomic E-state index is -0.488. The van der Waals surface area contributed by atoms with Crippen molar-refractivity contribution in [3.63, 3.8) is 0 Å². The van der Waals surface area contributed by atoms with E-state index in [1.807, 2.05) is 29.2 Å². The molecule has 1 aromatic carbocycles. The van der Waals surface area contributed by atoms with Gasteiger partial charge in [-0.15, -0.1) is 0 Å². The number of hydrogen-bond donors (Lipinski definition) is 0. The summed E-state index contributed by atoms with van der Waals surface area (Å²) in [4.78, 5) is 14.2. The quantitative estimate of drug-likeness (QED) is 0.760. The summed E-state index contributed by atoms with van der Waals surface area (Å²) in [5, 5.41) is 0. The first kappa shape index (κ1) is 11.4. The first-order chi connectivity index (χ1) is 8.84. The smallest absolute Gasteiger partial charge is 0.267 e. The van der Waals surface area contributed by atoms with E-state index in [0.717, 1.165) is 31.7 Å². The highest BCUT2D eigenvalue weighted by Gasteiger charge is 2.31. The summed E-state index contributed by atoms with van der Waals surface area (Å²) in [7, 11) is 0. The minimum absolute atomic E-state index is 0.0594. The Bertz CT molecular complexity index is 440. The van der Waals surface area contributed by atoms with Crippen LogP contribution in [0.15, 0.2) is 24.3 Å². The van der Waals surface area contributed by atoms with Crippen LogP contribution in [-0.4, -0.2) is 36.6 Å². The van der Waals surface area contributed by atoms with E-state index < -0.39 is 6.10 Å². The van der Waals surface area contributed by atoms with Gasteiger partial charge < -0.3 is 14.4 Å². The van der Waals surface area contributed by atoms with E-state index in [0.29, 0.717) is 12.4 Å². The molecule has 1 aromatic rings. The molecule has 2 aliphatic rings. The maximum atomic E-state index is 12.3. The third kappa shape index (κ3) is 2.15. The van der Waals surface area contributed by atoms with E-state index in [9.17, 15) is 4.79 Å². The van der Waals surface area contributed by atoms with E-state index in [1.165, 1.54) is 6.42 Å². The molecular formula is C14H17NO3. The van der Waals surface area contributed by atoms with E-state index >= 15 is 0 Å². The highest BCUT2D eigenvalue weighted by Crippen LogP contribution is 2.31. The van der Waals surface area contributed by atoms with Gasteiger partial charge in [0.05, 0.1) is 0 Å². The summed E-state index contributed by atoms with van der Waals surface area (Å²) in [5.41, 5.74) is 0. The molecule has 2 aliphatic heterocycles. The molecule has 1 atom stereocenters. The molecule has 0 unspecified atom stereocenters. The number of nitrogens with zero attached hydrogens (tertiary/aromatic N) is 1. The van der Waals surface area contributed by atoms with Crippen molar-refractivity contribution in [2.24, 2.45) is 0 Å². The summed E-state index contributed by atoms with van der Waals surface area (Å²) in [6.07, 6.45) is 2.92. The van der Waals surface area contributed by atoms with Crippen molar-refractivity contribution in [2.75, 3.05) is 19.7 Å². The standard InChI is InChI=1S/C14H17NO3/c16-14(15-8-4-1-5-9-15)13-10-17-11-6-2-3-7-12(11)18-13/h2-3,6-7,13H,1,4-5,8-10H2/t13-/m0/s1. The van der Waals surface area contributed by atoms with Crippen molar-refractivity contribution in [2.45, 2.75) is 25.4 Å². The number of fused-ring (bicyclic) bond motifs is 1. The topological polar surface area (TPSA) is 38.8 Å². The van der Waals surface area contributed by atoms with Crippen molar-refractivity contribution >= 4 is 5.91 Å². The largest absolute Gasteiger partial charge is 0.485 e. The molecular weight excluding hydrogens is 230 g/mol. The SMILES string of the molecule is O=C([C@@H]1COc2ccccc2O1)N1CCCCC1. The van der Waals surface area contributed by atoms with Gasteiger partial charge in [0, 0.05) is 13.1 Å². The molecule has 18 heavy (non-hydrogen) atoms. The van der Waals surface area contributed by atoms with Gasteiger partial charge in [-0.3, -0.25) is 4.79 Å². The number of amides is 1. The third-order valence-electron chi connectivity index (χ3n) is 3.45. The lowest BCUT2D eigenvalue weighted by Crippen LogP contribution is -2.48. The van der Waals surface area contributed by atoms with Crippen LogP contribution < -0.4 is 9.47 Å². The molecule has 0 aliphatic carbocycles. The van der Waals surface area contributed by atoms with Gasteiger partial charge >= 0.3 is 0 Å². The Morgan fingerprint density at radius 1 is 1.11 bits per heavy atom. The summed E-state index contributed by atoms with van der Waals surface area (Å²) in [6.45, 7) is 2.01. The van der Waals surface area contributed by atoms with Crippen molar-refractivity contribution in [3.05, 3.63) is 24.3 Å². The fraction of sp³-hybridized carbons (Fsp3) is 0.500. The molecule has 2 heterocycles. The average Bonchev–Trinajstić information content (AvgIpc) is 2.47. The van der Waals surface area contributed by atoms with Gasteiger partial charge in [-0.25, -0.2) is 0 Å². The molecule has 0 spiro atoms. The zero-order valence-corrected chi connectivity index (χ0v) is 10.3. The van der Waals surface area contributed by atoms with Gasteiger partial charge in [0.1, 0.15) is 6.61 Å². The molecule has 1 fully saturated rings. The second kappa shape index (κ2) is 4.88. The van der Waals surface area contributed by atoms with E-state index in [4.69, 9.17) is 9.47 Å². The monoisotopic (exact) mass is 247 g/mol. The van der Waals surface area contributed by atoms with Crippen LogP contribution in [0.1, 0.15) is 19.3 Å². The highest BCUT2D eigenvalue weighted by atomic mass is 16.6. The molecule has 4 nitrogen and oxygen atoms in total. The third-order valence-corrected chi connectivity index (χ3v) is 3.45. The predicted molar refractivity (Wildman–Crippen MR) is 66.8 cm³/mol. The van der Waals surface area contributed by atoms with Crippen LogP contribution in [0.3, 0.4) is 0 Å². The molecule has 1 amide bonds. The van der Waals surface area contributed by atoms with Gasteiger partial charge in [-0.05, 0) is 31.4 Å². The summed E-state index contributed by atoms with van der Waals surface area (Å²) in [6, 6.07) is 7.48. The first-order valence-electron chi connectivity index (χ1n) is 6.52. The molecule has 1 saturated heterocycles. The maximum absolute atomic E-state index is 12.3. The highest BCUT2D eigenvalue weighted by molar-refractivity contribution is 5.82. The molecule has 0 saturated carbocycles. The first-order valence-corrected chi connectivity index (χ1v) is 6.52. The number of hydrogen-bond acceptors (Lipinski definition) is 3. The van der Waals surface area contributed by atoms with Crippen LogP contribution in [0.25, 0.3) is 0 Å². The number of carbonyl (C=O) groups is 1. The molecule has 96 valence electrons. The Labute approximate surface area is 106 Å². The fourth-order valence-corrected chi connectivity index (χ4v) is 2.46. The van der Waals surface area contributed by atoms with Gasteiger partial charge in [0.25, 0.3) is 5.91 Å². The summed E-state index contributed by atoms with van der Waals surface area (Å²) in [5.74, 6) is 1.45. The average molecular weight is 247 g/mol. The molecule has 3 rings (SSSR count). The lowest BCUT2D eigenvalue weighted by molar-refractivity contribution is -0.142. The number of benzene rings is 1. The number of ether oxygens (including phenoxy) is 2. The molecule has 0 bridgehead atoms. The Balaban J connectivity index is 1.69. The van der Waals surface area contributed by atoms with Crippen LogP contribution in [0, 0.1) is 0 Å². The van der Waals surface area contributed by atoms with Crippen molar-refractivity contribution in [1.82, 2.24) is 4.90 Å². The van der Waals surface area contributed by atoms with E-state index in [-0.39, 0.29) is 5.91 Å². The van der Waals surface area contributed by atoms with Crippen molar-refractivity contribution < 1.29 is 14.3 Å². The molecule has 0 radical (unpaired) electrons. The van der Waals surface area contributed by atoms with Crippen LogP contribution >= 0.6 is 0 Å². The zero-order chi connectivity index (χ0) is 12.4. The fourth-order valence-electron chi connectivity index (χ4n) is 2.46. The second-order valence-corrected chi connectivity index (χ2v) is 4.75. The summed E-state index contributed by atoms with van der Waals surface area (Å²) < 4.78 is 11.3. The van der Waals surface area contributed by atoms with E-state index in [1.54, 1.807) is 0 Å². The normalized spacial score (nSPS) is 22.7. The molecule has 0 N–H and O–H groups in total. The lowest BCUT2D eigenvalue weighted by Gasteiger charge is -2.32. The number of para-hydroxylation sites is 2. The Kier molecular flexibility index (Phi) is 3.09. The van der Waals surface area contributed by atoms with Gasteiger partial charge in [0.2, 0.25) is 6.10 Å². The van der Waals surface area contributed by atoms with Crippen LogP contribution in [0.4, 0.5) is 0 Å². The van der Waals surface area contributed by atoms with Gasteiger partial charge in [-0.2, -0.15) is 0 Å². The maximum Gasteiger partial charge on any atom is 0.267 e. The van der Waals surface area contributed by atoms with Gasteiger partial charge in [0.15, 0.2) is 11.5 Å². The number of rotatable bonds is 1. The minimum Gasteiger partial charge on any atom is -0.485 e. The second-order valence-electron chi connectivity index (χ2n) is 4.75. The van der Waals surface area contributed by atoms with Crippen LogP contribution in [0.5, 0.6) is 11.5 Å². The van der Waals surface area contributed by atoms with Gasteiger partial charge in [-0.1, -0.05) is 12.1 Å². The number of likely N-dealkylation sites (tertiary alicyclic amines) is 1. The summed E-state index contributed by atoms with van der Waals surface area (Å²) >= 11 is 0. The molecule has 0 aromatic heterocycles. The van der Waals surface area contributed by atoms with Crippen molar-refractivity contribution in [3.8, 4) is 11.5 Å². The van der Waals surface area contributed by atoms with E-state index in [2.05, 4.69) is 0 Å². The molecule has 4 heteroatoms. The zero-order valence-electron chi connectivity index (χ0n) is 10.3. The Morgan fingerprint density at radius 2 is 1.83 bits per heavy atom. The van der Waals surface area contributed by atoms with Crippen LogP contribution in [0.2, 0.25) is 0 Å². The number of piperidine rings is 1. The van der Waals surface area contributed by atoms with Crippen molar-refractivity contribution in [1.29, 1.82) is 0 Å². The lowest BCUT2D eigenvalue weighted by atomic mass is 10.1. The van der Waals surface area contributed by atoms with Crippen LogP contribution in [-0.2, 0) is 4.79 Å².